The lowest BCUT2D eigenvalue weighted by atomic mass is 10.2. The number of fused-ring (bicyclic) bond motifs is 1. The molecule has 0 aliphatic carbocycles. The van der Waals surface area contributed by atoms with Gasteiger partial charge < -0.3 is 14.4 Å². The van der Waals surface area contributed by atoms with Gasteiger partial charge in [0.25, 0.3) is 0 Å². The summed E-state index contributed by atoms with van der Waals surface area (Å²) < 4.78 is 10.6. The molecule has 7 heteroatoms. The predicted octanol–water partition coefficient (Wildman–Crippen LogP) is 3.22. The first-order valence-electron chi connectivity index (χ1n) is 7.26. The number of hydrogen-bond donors (Lipinski definition) is 0. The molecular weight excluding hydrogens is 350 g/mol. The van der Waals surface area contributed by atoms with Crippen LogP contribution in [0.25, 0.3) is 16.2 Å². The van der Waals surface area contributed by atoms with Crippen molar-refractivity contribution in [2.75, 3.05) is 33.9 Å². The van der Waals surface area contributed by atoms with Gasteiger partial charge in [-0.15, -0.1) is 11.3 Å². The first-order chi connectivity index (χ1) is 11.6. The molecule has 2 rings (SSSR count). The highest BCUT2D eigenvalue weighted by Gasteiger charge is 2.15. The van der Waals surface area contributed by atoms with Gasteiger partial charge in [0, 0.05) is 34.7 Å². The third-order valence-electron chi connectivity index (χ3n) is 3.36. The molecule has 2 aromatic rings. The lowest BCUT2D eigenvalue weighted by Gasteiger charge is -2.19. The predicted molar refractivity (Wildman–Crippen MR) is 96.3 cm³/mol. The smallest absolute Gasteiger partial charge is 0.325 e. The first-order valence-corrected chi connectivity index (χ1v) is 8.46. The van der Waals surface area contributed by atoms with E-state index in [9.17, 15) is 9.59 Å². The Morgan fingerprint density at radius 3 is 2.71 bits per heavy atom. The van der Waals surface area contributed by atoms with Gasteiger partial charge in [0.2, 0.25) is 5.91 Å². The number of rotatable bonds is 7. The van der Waals surface area contributed by atoms with E-state index in [1.807, 2.05) is 24.3 Å². The average molecular weight is 368 g/mol. The van der Waals surface area contributed by atoms with Crippen LogP contribution < -0.4 is 0 Å². The minimum atomic E-state index is -0.479. The van der Waals surface area contributed by atoms with Crippen molar-refractivity contribution in [3.8, 4) is 0 Å². The summed E-state index contributed by atoms with van der Waals surface area (Å²) in [5.41, 5.74) is 0. The molecule has 0 radical (unpaired) electrons. The van der Waals surface area contributed by atoms with Gasteiger partial charge in [-0.25, -0.2) is 0 Å². The molecule has 1 amide bonds. The van der Waals surface area contributed by atoms with E-state index >= 15 is 0 Å². The quantitative estimate of drug-likeness (QED) is 0.557. The molecule has 0 saturated heterocycles. The van der Waals surface area contributed by atoms with E-state index in [0.717, 1.165) is 15.0 Å². The van der Waals surface area contributed by atoms with Crippen LogP contribution in [-0.4, -0.2) is 50.7 Å². The van der Waals surface area contributed by atoms with Crippen LogP contribution in [-0.2, 0) is 19.1 Å². The lowest BCUT2D eigenvalue weighted by molar-refractivity contribution is -0.145. The van der Waals surface area contributed by atoms with Crippen molar-refractivity contribution in [1.29, 1.82) is 0 Å². The van der Waals surface area contributed by atoms with Gasteiger partial charge in [0.1, 0.15) is 6.54 Å². The largest absolute Gasteiger partial charge is 0.468 e. The minimum Gasteiger partial charge on any atom is -0.468 e. The summed E-state index contributed by atoms with van der Waals surface area (Å²) in [6.45, 7) is 0.512. The molecule has 5 nitrogen and oxygen atoms in total. The number of thiophene rings is 1. The molecule has 0 saturated carbocycles. The number of carbonyl (C=O) groups is 2. The van der Waals surface area contributed by atoms with E-state index < -0.39 is 5.97 Å². The van der Waals surface area contributed by atoms with E-state index in [4.69, 9.17) is 16.3 Å². The summed E-state index contributed by atoms with van der Waals surface area (Å²) in [5.74, 6) is -0.779. The Hall–Kier alpha value is -1.89. The minimum absolute atomic E-state index is 0.122. The zero-order chi connectivity index (χ0) is 17.5. The van der Waals surface area contributed by atoms with Crippen LogP contribution in [0.1, 0.15) is 4.88 Å². The van der Waals surface area contributed by atoms with Crippen LogP contribution in [0.15, 0.2) is 30.3 Å². The maximum absolute atomic E-state index is 12.3. The number of hydrogen-bond acceptors (Lipinski definition) is 5. The van der Waals surface area contributed by atoms with E-state index in [-0.39, 0.29) is 12.5 Å². The van der Waals surface area contributed by atoms with Crippen LogP contribution in [0.4, 0.5) is 0 Å². The summed E-state index contributed by atoms with van der Waals surface area (Å²) in [5, 5.41) is 1.58. The number of ether oxygens (including phenoxy) is 2. The summed E-state index contributed by atoms with van der Waals surface area (Å²) in [7, 11) is 2.82. The van der Waals surface area contributed by atoms with Crippen LogP contribution >= 0.6 is 22.9 Å². The van der Waals surface area contributed by atoms with Crippen molar-refractivity contribution in [1.82, 2.24) is 4.90 Å². The van der Waals surface area contributed by atoms with Gasteiger partial charge in [-0.05, 0) is 12.1 Å². The van der Waals surface area contributed by atoms with Gasteiger partial charge >= 0.3 is 5.97 Å². The fraction of sp³-hybridized carbons (Fsp3) is 0.294. The fourth-order valence-corrected chi connectivity index (χ4v) is 3.48. The number of nitrogens with zero attached hydrogens (tertiary/aromatic N) is 1. The Kier molecular flexibility index (Phi) is 6.78. The van der Waals surface area contributed by atoms with Gasteiger partial charge in [-0.1, -0.05) is 29.8 Å². The zero-order valence-electron chi connectivity index (χ0n) is 13.5. The van der Waals surface area contributed by atoms with Gasteiger partial charge in [-0.3, -0.25) is 9.59 Å². The first kappa shape index (κ1) is 18.4. The summed E-state index contributed by atoms with van der Waals surface area (Å²) >= 11 is 7.86. The van der Waals surface area contributed by atoms with Crippen molar-refractivity contribution < 1.29 is 19.1 Å². The molecule has 0 aliphatic rings. The number of carbonyl (C=O) groups excluding carboxylic acids is 2. The monoisotopic (exact) mass is 367 g/mol. The van der Waals surface area contributed by atoms with Crippen molar-refractivity contribution in [2.45, 2.75) is 0 Å². The molecule has 0 bridgehead atoms. The molecule has 1 aromatic heterocycles. The molecular formula is C17H18ClNO4S. The second kappa shape index (κ2) is 8.82. The summed E-state index contributed by atoms with van der Waals surface area (Å²) in [6.07, 6.45) is 3.08. The Morgan fingerprint density at radius 1 is 1.29 bits per heavy atom. The SMILES string of the molecule is COCCN(CC(=O)OC)C(=O)/C=C/c1sc2ccccc2c1Cl. The Morgan fingerprint density at radius 2 is 2.04 bits per heavy atom. The van der Waals surface area contributed by atoms with Crippen LogP contribution in [0.5, 0.6) is 0 Å². The Balaban J connectivity index is 2.15. The summed E-state index contributed by atoms with van der Waals surface area (Å²) in [4.78, 5) is 25.9. The Labute approximate surface area is 149 Å². The van der Waals surface area contributed by atoms with Crippen molar-refractivity contribution in [3.63, 3.8) is 0 Å². The van der Waals surface area contributed by atoms with Crippen LogP contribution in [0.2, 0.25) is 5.02 Å². The maximum atomic E-state index is 12.3. The number of halogens is 1. The van der Waals surface area contributed by atoms with E-state index in [2.05, 4.69) is 4.74 Å². The van der Waals surface area contributed by atoms with Gasteiger partial charge in [0.05, 0.1) is 18.7 Å². The number of amides is 1. The molecule has 0 unspecified atom stereocenters. The van der Waals surface area contributed by atoms with Gasteiger partial charge in [-0.2, -0.15) is 0 Å². The molecule has 128 valence electrons. The second-order valence-electron chi connectivity index (χ2n) is 4.94. The second-order valence-corrected chi connectivity index (χ2v) is 6.40. The maximum Gasteiger partial charge on any atom is 0.325 e. The average Bonchev–Trinajstić information content (AvgIpc) is 2.92. The van der Waals surface area contributed by atoms with E-state index in [0.29, 0.717) is 18.2 Å². The van der Waals surface area contributed by atoms with Crippen LogP contribution in [0.3, 0.4) is 0 Å². The van der Waals surface area contributed by atoms with E-state index in [1.54, 1.807) is 6.08 Å². The van der Waals surface area contributed by atoms with E-state index in [1.165, 1.54) is 36.5 Å². The topological polar surface area (TPSA) is 55.8 Å². The molecule has 0 N–H and O–H groups in total. The van der Waals surface area contributed by atoms with Crippen molar-refractivity contribution >= 4 is 51.0 Å². The zero-order valence-corrected chi connectivity index (χ0v) is 15.0. The molecule has 0 spiro atoms. The highest BCUT2D eigenvalue weighted by Crippen LogP contribution is 2.35. The molecule has 1 aromatic carbocycles. The normalized spacial score (nSPS) is 11.1. The summed E-state index contributed by atoms with van der Waals surface area (Å²) in [6, 6.07) is 7.78. The molecule has 24 heavy (non-hydrogen) atoms. The van der Waals surface area contributed by atoms with Crippen molar-refractivity contribution in [3.05, 3.63) is 40.2 Å². The third kappa shape index (κ3) is 4.56. The molecule has 1 heterocycles. The lowest BCUT2D eigenvalue weighted by Crippen LogP contribution is -2.37. The third-order valence-corrected chi connectivity index (χ3v) is 5.02. The Bertz CT molecular complexity index is 756. The number of methoxy groups -OCH3 is 2. The van der Waals surface area contributed by atoms with Crippen molar-refractivity contribution in [2.24, 2.45) is 0 Å². The molecule has 0 fully saturated rings. The molecule has 0 aliphatic heterocycles. The fourth-order valence-electron chi connectivity index (χ4n) is 2.08. The number of benzene rings is 1. The standard InChI is InChI=1S/C17H18ClNO4S/c1-22-10-9-19(11-16(21)23-2)15(20)8-7-14-17(18)12-5-3-4-6-13(12)24-14/h3-8H,9-11H2,1-2H3/b8-7+. The van der Waals surface area contributed by atoms with Gasteiger partial charge in [0.15, 0.2) is 0 Å². The highest BCUT2D eigenvalue weighted by molar-refractivity contribution is 7.20. The molecule has 0 atom stereocenters. The highest BCUT2D eigenvalue weighted by atomic mass is 35.5. The van der Waals surface area contributed by atoms with Crippen LogP contribution in [0, 0.1) is 0 Å². The number of esters is 1.